The molecule has 0 fully saturated rings. The van der Waals surface area contributed by atoms with Crippen LogP contribution in [0.1, 0.15) is 11.1 Å². The molecule has 2 rings (SSSR count). The van der Waals surface area contributed by atoms with Crippen molar-refractivity contribution >= 4 is 9.84 Å². The Morgan fingerprint density at radius 3 is 2.23 bits per heavy atom. The molecule has 0 saturated carbocycles. The third kappa shape index (κ3) is 3.64. The predicted molar refractivity (Wildman–Crippen MR) is 88.5 cm³/mol. The van der Waals surface area contributed by atoms with E-state index in [4.69, 9.17) is 0 Å². The molecule has 0 amide bonds. The standard InChI is InChI=1S/C18H20O3S/c1-3-18(17(19)13-15-7-5-4-6-8-15)22(20,21)16-11-9-14(2)10-12-16/h3-12,17-19H,1,13H2,2H3. The summed E-state index contributed by atoms with van der Waals surface area (Å²) >= 11 is 0. The minimum absolute atomic E-state index is 0.204. The molecule has 0 aliphatic carbocycles. The van der Waals surface area contributed by atoms with Crippen LogP contribution in [0.25, 0.3) is 0 Å². The molecular weight excluding hydrogens is 296 g/mol. The third-order valence-electron chi connectivity index (χ3n) is 3.61. The Morgan fingerprint density at radius 2 is 1.68 bits per heavy atom. The zero-order valence-electron chi connectivity index (χ0n) is 12.5. The van der Waals surface area contributed by atoms with Crippen molar-refractivity contribution in [2.24, 2.45) is 0 Å². The monoisotopic (exact) mass is 316 g/mol. The summed E-state index contributed by atoms with van der Waals surface area (Å²) in [5.74, 6) is 0. The predicted octanol–water partition coefficient (Wildman–Crippen LogP) is 2.93. The van der Waals surface area contributed by atoms with Gasteiger partial charge >= 0.3 is 0 Å². The van der Waals surface area contributed by atoms with Gasteiger partial charge < -0.3 is 5.11 Å². The van der Waals surface area contributed by atoms with E-state index in [9.17, 15) is 13.5 Å². The van der Waals surface area contributed by atoms with Crippen LogP contribution in [0.4, 0.5) is 0 Å². The first-order valence-corrected chi connectivity index (χ1v) is 8.65. The molecule has 0 radical (unpaired) electrons. The van der Waals surface area contributed by atoms with Gasteiger partial charge in [-0.05, 0) is 31.0 Å². The van der Waals surface area contributed by atoms with E-state index in [1.165, 1.54) is 6.08 Å². The minimum atomic E-state index is -3.66. The summed E-state index contributed by atoms with van der Waals surface area (Å²) in [6.45, 7) is 5.49. The lowest BCUT2D eigenvalue weighted by Crippen LogP contribution is -2.34. The molecule has 3 nitrogen and oxygen atoms in total. The molecule has 2 atom stereocenters. The molecule has 2 unspecified atom stereocenters. The second-order valence-corrected chi connectivity index (χ2v) is 7.42. The second-order valence-electron chi connectivity index (χ2n) is 5.32. The van der Waals surface area contributed by atoms with Crippen molar-refractivity contribution in [1.29, 1.82) is 0 Å². The lowest BCUT2D eigenvalue weighted by molar-refractivity contribution is 0.180. The van der Waals surface area contributed by atoms with Gasteiger partial charge in [0.15, 0.2) is 9.84 Å². The largest absolute Gasteiger partial charge is 0.391 e. The number of hydrogen-bond acceptors (Lipinski definition) is 3. The van der Waals surface area contributed by atoms with Crippen LogP contribution >= 0.6 is 0 Å². The Hall–Kier alpha value is -1.91. The second kappa shape index (κ2) is 6.90. The highest BCUT2D eigenvalue weighted by Gasteiger charge is 2.31. The van der Waals surface area contributed by atoms with Crippen LogP contribution in [-0.4, -0.2) is 24.9 Å². The lowest BCUT2D eigenvalue weighted by Gasteiger charge is -2.20. The van der Waals surface area contributed by atoms with E-state index in [2.05, 4.69) is 6.58 Å². The van der Waals surface area contributed by atoms with Crippen molar-refractivity contribution in [1.82, 2.24) is 0 Å². The first kappa shape index (κ1) is 16.5. The van der Waals surface area contributed by atoms with Crippen LogP contribution in [0.5, 0.6) is 0 Å². The molecule has 116 valence electrons. The van der Waals surface area contributed by atoms with Crippen molar-refractivity contribution in [3.05, 3.63) is 78.4 Å². The molecular formula is C18H20O3S. The summed E-state index contributed by atoms with van der Waals surface area (Å²) in [6, 6.07) is 16.0. The Bertz CT molecular complexity index is 719. The Morgan fingerprint density at radius 1 is 1.09 bits per heavy atom. The smallest absolute Gasteiger partial charge is 0.187 e. The lowest BCUT2D eigenvalue weighted by atomic mass is 10.1. The first-order chi connectivity index (χ1) is 10.4. The molecule has 22 heavy (non-hydrogen) atoms. The molecule has 4 heteroatoms. The van der Waals surface area contributed by atoms with E-state index in [0.29, 0.717) is 0 Å². The molecule has 1 N–H and O–H groups in total. The van der Waals surface area contributed by atoms with Gasteiger partial charge in [-0.1, -0.05) is 54.1 Å². The molecule has 0 aliphatic heterocycles. The van der Waals surface area contributed by atoms with Crippen molar-refractivity contribution in [2.75, 3.05) is 0 Å². The SMILES string of the molecule is C=CC(C(O)Cc1ccccc1)S(=O)(=O)c1ccc(C)cc1. The van der Waals surface area contributed by atoms with E-state index >= 15 is 0 Å². The summed E-state index contributed by atoms with van der Waals surface area (Å²) in [4.78, 5) is 0.204. The molecule has 0 heterocycles. The zero-order valence-corrected chi connectivity index (χ0v) is 13.3. The normalized spacial score (nSPS) is 14.3. The van der Waals surface area contributed by atoms with Crippen LogP contribution in [0.3, 0.4) is 0 Å². The van der Waals surface area contributed by atoms with Gasteiger partial charge in [0, 0.05) is 0 Å². The number of benzene rings is 2. The van der Waals surface area contributed by atoms with Crippen molar-refractivity contribution in [3.8, 4) is 0 Å². The quantitative estimate of drug-likeness (QED) is 0.834. The Kier molecular flexibility index (Phi) is 5.16. The summed E-state index contributed by atoms with van der Waals surface area (Å²) in [7, 11) is -3.66. The number of aliphatic hydroxyl groups is 1. The molecule has 0 aromatic heterocycles. The van der Waals surface area contributed by atoms with Gasteiger partial charge in [-0.2, -0.15) is 0 Å². The average molecular weight is 316 g/mol. The highest BCUT2D eigenvalue weighted by molar-refractivity contribution is 7.92. The third-order valence-corrected chi connectivity index (χ3v) is 5.76. The van der Waals surface area contributed by atoms with Gasteiger partial charge in [-0.15, -0.1) is 6.58 Å². The molecule has 0 saturated heterocycles. The first-order valence-electron chi connectivity index (χ1n) is 7.10. The van der Waals surface area contributed by atoms with E-state index in [1.54, 1.807) is 24.3 Å². The Balaban J connectivity index is 2.26. The van der Waals surface area contributed by atoms with Crippen LogP contribution in [-0.2, 0) is 16.3 Å². The van der Waals surface area contributed by atoms with Gasteiger partial charge in [-0.25, -0.2) is 8.42 Å². The Labute approximate surface area is 131 Å². The highest BCUT2D eigenvalue weighted by atomic mass is 32.2. The van der Waals surface area contributed by atoms with E-state index < -0.39 is 21.2 Å². The molecule has 2 aromatic rings. The van der Waals surface area contributed by atoms with Gasteiger partial charge in [0.1, 0.15) is 5.25 Å². The average Bonchev–Trinajstić information content (AvgIpc) is 2.49. The maximum atomic E-state index is 12.7. The maximum Gasteiger partial charge on any atom is 0.187 e. The van der Waals surface area contributed by atoms with E-state index in [1.807, 2.05) is 37.3 Å². The van der Waals surface area contributed by atoms with Crippen LogP contribution in [0.2, 0.25) is 0 Å². The van der Waals surface area contributed by atoms with Crippen molar-refractivity contribution < 1.29 is 13.5 Å². The topological polar surface area (TPSA) is 54.4 Å². The van der Waals surface area contributed by atoms with Crippen molar-refractivity contribution in [3.63, 3.8) is 0 Å². The number of rotatable bonds is 6. The number of aryl methyl sites for hydroxylation is 1. The zero-order chi connectivity index (χ0) is 16.2. The molecule has 0 bridgehead atoms. The fraction of sp³-hybridized carbons (Fsp3) is 0.222. The van der Waals surface area contributed by atoms with Crippen molar-refractivity contribution in [2.45, 2.75) is 29.6 Å². The van der Waals surface area contributed by atoms with Crippen LogP contribution in [0, 0.1) is 6.92 Å². The summed E-state index contributed by atoms with van der Waals surface area (Å²) in [5.41, 5.74) is 1.87. The minimum Gasteiger partial charge on any atom is -0.391 e. The molecule has 0 spiro atoms. The van der Waals surface area contributed by atoms with Crippen LogP contribution in [0.15, 0.2) is 72.1 Å². The van der Waals surface area contributed by atoms with Crippen LogP contribution < -0.4 is 0 Å². The number of aliphatic hydroxyl groups excluding tert-OH is 1. The van der Waals surface area contributed by atoms with Gasteiger partial charge in [0.2, 0.25) is 0 Å². The number of sulfone groups is 1. The highest BCUT2D eigenvalue weighted by Crippen LogP contribution is 2.22. The van der Waals surface area contributed by atoms with E-state index in [-0.39, 0.29) is 11.3 Å². The van der Waals surface area contributed by atoms with Gasteiger partial charge in [0.05, 0.1) is 11.0 Å². The summed E-state index contributed by atoms with van der Waals surface area (Å²) < 4.78 is 25.4. The molecule has 2 aromatic carbocycles. The molecule has 0 aliphatic rings. The fourth-order valence-electron chi connectivity index (χ4n) is 2.35. The maximum absolute atomic E-state index is 12.7. The fourth-order valence-corrected chi connectivity index (χ4v) is 3.94. The summed E-state index contributed by atoms with van der Waals surface area (Å²) in [5, 5.41) is 9.33. The van der Waals surface area contributed by atoms with Gasteiger partial charge in [0.25, 0.3) is 0 Å². The van der Waals surface area contributed by atoms with E-state index in [0.717, 1.165) is 11.1 Å². The van der Waals surface area contributed by atoms with Gasteiger partial charge in [-0.3, -0.25) is 0 Å². The summed E-state index contributed by atoms with van der Waals surface area (Å²) in [6.07, 6.45) is 0.539. The number of hydrogen-bond donors (Lipinski definition) is 1.